The minimum Gasteiger partial charge on any atom is -0.359 e. The van der Waals surface area contributed by atoms with E-state index in [1.54, 1.807) is 7.05 Å². The highest BCUT2D eigenvalue weighted by atomic mass is 16.2. The Kier molecular flexibility index (Phi) is 4.43. The zero-order chi connectivity index (χ0) is 15.5. The van der Waals surface area contributed by atoms with E-state index in [9.17, 15) is 9.59 Å². The van der Waals surface area contributed by atoms with Gasteiger partial charge in [0.1, 0.15) is 0 Å². The summed E-state index contributed by atoms with van der Waals surface area (Å²) >= 11 is 0. The van der Waals surface area contributed by atoms with Crippen molar-refractivity contribution >= 4 is 11.8 Å². The molecule has 5 heteroatoms. The number of benzene rings is 1. The molecule has 0 spiro atoms. The normalized spacial score (nSPS) is 24.5. The van der Waals surface area contributed by atoms with Crippen molar-refractivity contribution < 1.29 is 9.59 Å². The maximum Gasteiger partial charge on any atom is 0.240 e. The van der Waals surface area contributed by atoms with Gasteiger partial charge >= 0.3 is 0 Å². The van der Waals surface area contributed by atoms with Crippen LogP contribution in [-0.4, -0.2) is 42.9 Å². The van der Waals surface area contributed by atoms with Gasteiger partial charge in [-0.1, -0.05) is 24.3 Å². The number of fused-ring (bicyclic) bond motifs is 1. The Balaban J connectivity index is 1.66. The molecule has 0 bridgehead atoms. The van der Waals surface area contributed by atoms with Crippen molar-refractivity contribution in [1.82, 2.24) is 15.5 Å². The summed E-state index contributed by atoms with van der Waals surface area (Å²) in [5.74, 6) is 0.0983. The molecule has 2 N–H and O–H groups in total. The first kappa shape index (κ1) is 15.0. The molecule has 0 unspecified atom stereocenters. The van der Waals surface area contributed by atoms with Crippen LogP contribution >= 0.6 is 0 Å². The fourth-order valence-electron chi connectivity index (χ4n) is 3.44. The van der Waals surface area contributed by atoms with E-state index >= 15 is 0 Å². The Morgan fingerprint density at radius 2 is 2.05 bits per heavy atom. The van der Waals surface area contributed by atoms with Gasteiger partial charge < -0.3 is 15.5 Å². The molecule has 22 heavy (non-hydrogen) atoms. The van der Waals surface area contributed by atoms with Crippen molar-refractivity contribution in [3.05, 3.63) is 35.4 Å². The molecule has 3 rings (SSSR count). The molecule has 0 aromatic heterocycles. The van der Waals surface area contributed by atoms with Gasteiger partial charge in [0.25, 0.3) is 0 Å². The van der Waals surface area contributed by atoms with Gasteiger partial charge in [0, 0.05) is 26.7 Å². The zero-order valence-electron chi connectivity index (χ0n) is 13.0. The van der Waals surface area contributed by atoms with Gasteiger partial charge in [0.05, 0.1) is 12.0 Å². The summed E-state index contributed by atoms with van der Waals surface area (Å²) in [6, 6.07) is 8.08. The van der Waals surface area contributed by atoms with E-state index < -0.39 is 0 Å². The highest BCUT2D eigenvalue weighted by Crippen LogP contribution is 2.21. The molecule has 5 nitrogen and oxygen atoms in total. The maximum atomic E-state index is 12.8. The first-order valence-electron chi connectivity index (χ1n) is 7.99. The number of amides is 2. The fourth-order valence-corrected chi connectivity index (χ4v) is 3.44. The monoisotopic (exact) mass is 301 g/mol. The van der Waals surface area contributed by atoms with Crippen LogP contribution in [0, 0.1) is 5.92 Å². The second kappa shape index (κ2) is 6.48. The van der Waals surface area contributed by atoms with Gasteiger partial charge in [-0.15, -0.1) is 0 Å². The first-order chi connectivity index (χ1) is 10.7. The van der Waals surface area contributed by atoms with Crippen molar-refractivity contribution in [3.8, 4) is 0 Å². The van der Waals surface area contributed by atoms with Crippen LogP contribution < -0.4 is 10.6 Å². The van der Waals surface area contributed by atoms with Gasteiger partial charge in [-0.3, -0.25) is 9.59 Å². The summed E-state index contributed by atoms with van der Waals surface area (Å²) in [6.45, 7) is 2.03. The standard InChI is InChI=1S/C17H23N3O2/c1-18-16(21)14-7-4-8-20(11-14)17(22)15-9-12-5-2-3-6-13(12)10-19-15/h2-3,5-6,14-15,19H,4,7-11H2,1H3,(H,18,21)/t14-,15+/m1/s1. The quantitative estimate of drug-likeness (QED) is 0.845. The molecular weight excluding hydrogens is 278 g/mol. The number of nitrogens with one attached hydrogen (secondary N) is 2. The summed E-state index contributed by atoms with van der Waals surface area (Å²) < 4.78 is 0. The Morgan fingerprint density at radius 1 is 1.27 bits per heavy atom. The van der Waals surface area contributed by atoms with E-state index in [1.165, 1.54) is 11.1 Å². The van der Waals surface area contributed by atoms with Crippen LogP contribution in [-0.2, 0) is 22.6 Å². The summed E-state index contributed by atoms with van der Waals surface area (Å²) in [4.78, 5) is 26.4. The van der Waals surface area contributed by atoms with Crippen LogP contribution in [0.25, 0.3) is 0 Å². The Morgan fingerprint density at radius 3 is 2.82 bits per heavy atom. The lowest BCUT2D eigenvalue weighted by atomic mass is 9.93. The molecule has 1 aromatic carbocycles. The maximum absolute atomic E-state index is 12.8. The van der Waals surface area contributed by atoms with Crippen molar-refractivity contribution in [1.29, 1.82) is 0 Å². The van der Waals surface area contributed by atoms with Gasteiger partial charge in [-0.25, -0.2) is 0 Å². The third kappa shape index (κ3) is 2.99. The van der Waals surface area contributed by atoms with Crippen LogP contribution in [0.15, 0.2) is 24.3 Å². The molecule has 0 aliphatic carbocycles. The summed E-state index contributed by atoms with van der Waals surface area (Å²) in [5.41, 5.74) is 2.52. The Labute approximate surface area is 131 Å². The first-order valence-corrected chi connectivity index (χ1v) is 7.99. The lowest BCUT2D eigenvalue weighted by molar-refractivity contribution is -0.137. The molecule has 0 radical (unpaired) electrons. The number of likely N-dealkylation sites (tertiary alicyclic amines) is 1. The van der Waals surface area contributed by atoms with E-state index in [-0.39, 0.29) is 23.8 Å². The molecule has 1 aromatic rings. The summed E-state index contributed by atoms with van der Waals surface area (Å²) in [6.07, 6.45) is 2.49. The van der Waals surface area contributed by atoms with Crippen molar-refractivity contribution in [3.63, 3.8) is 0 Å². The lowest BCUT2D eigenvalue weighted by Gasteiger charge is -2.35. The number of rotatable bonds is 2. The predicted molar refractivity (Wildman–Crippen MR) is 84.1 cm³/mol. The molecule has 2 aliphatic rings. The predicted octanol–water partition coefficient (Wildman–Crippen LogP) is 0.685. The molecular formula is C17H23N3O2. The van der Waals surface area contributed by atoms with E-state index in [2.05, 4.69) is 22.8 Å². The highest BCUT2D eigenvalue weighted by molar-refractivity contribution is 5.84. The van der Waals surface area contributed by atoms with E-state index in [0.717, 1.165) is 32.4 Å². The second-order valence-corrected chi connectivity index (χ2v) is 6.14. The smallest absolute Gasteiger partial charge is 0.240 e. The third-order valence-corrected chi connectivity index (χ3v) is 4.73. The molecule has 1 fully saturated rings. The molecule has 2 amide bonds. The lowest BCUT2D eigenvalue weighted by Crippen LogP contribution is -2.53. The largest absolute Gasteiger partial charge is 0.359 e. The van der Waals surface area contributed by atoms with Crippen molar-refractivity contribution in [2.24, 2.45) is 5.92 Å². The van der Waals surface area contributed by atoms with Gasteiger partial charge in [-0.05, 0) is 30.4 Å². The van der Waals surface area contributed by atoms with E-state index in [0.29, 0.717) is 6.54 Å². The molecule has 118 valence electrons. The number of piperidine rings is 1. The number of hydrogen-bond donors (Lipinski definition) is 2. The molecule has 0 saturated carbocycles. The van der Waals surface area contributed by atoms with Crippen LogP contribution in [0.3, 0.4) is 0 Å². The average molecular weight is 301 g/mol. The Bertz CT molecular complexity index is 573. The van der Waals surface area contributed by atoms with Crippen LogP contribution in [0.5, 0.6) is 0 Å². The Hall–Kier alpha value is -1.88. The van der Waals surface area contributed by atoms with Crippen LogP contribution in [0.1, 0.15) is 24.0 Å². The number of hydrogen-bond acceptors (Lipinski definition) is 3. The van der Waals surface area contributed by atoms with Gasteiger partial charge in [0.15, 0.2) is 0 Å². The number of carbonyl (C=O) groups is 2. The van der Waals surface area contributed by atoms with Crippen LogP contribution in [0.2, 0.25) is 0 Å². The van der Waals surface area contributed by atoms with Crippen molar-refractivity contribution in [2.45, 2.75) is 31.8 Å². The fraction of sp³-hybridized carbons (Fsp3) is 0.529. The summed E-state index contributed by atoms with van der Waals surface area (Å²) in [5, 5.41) is 6.03. The second-order valence-electron chi connectivity index (χ2n) is 6.14. The topological polar surface area (TPSA) is 61.4 Å². The number of nitrogens with zero attached hydrogens (tertiary/aromatic N) is 1. The summed E-state index contributed by atoms with van der Waals surface area (Å²) in [7, 11) is 1.66. The highest BCUT2D eigenvalue weighted by Gasteiger charge is 2.32. The molecule has 2 atom stereocenters. The SMILES string of the molecule is CNC(=O)[C@@H]1CCCN(C(=O)[C@@H]2Cc3ccccc3CN2)C1. The van der Waals surface area contributed by atoms with Gasteiger partial charge in [0.2, 0.25) is 11.8 Å². The van der Waals surface area contributed by atoms with Crippen molar-refractivity contribution in [2.75, 3.05) is 20.1 Å². The molecule has 1 saturated heterocycles. The average Bonchev–Trinajstić information content (AvgIpc) is 2.60. The van der Waals surface area contributed by atoms with Crippen LogP contribution in [0.4, 0.5) is 0 Å². The molecule has 2 aliphatic heterocycles. The minimum atomic E-state index is -0.168. The minimum absolute atomic E-state index is 0.0412. The van der Waals surface area contributed by atoms with E-state index in [4.69, 9.17) is 0 Å². The van der Waals surface area contributed by atoms with E-state index in [1.807, 2.05) is 17.0 Å². The molecule has 2 heterocycles. The van der Waals surface area contributed by atoms with Gasteiger partial charge in [-0.2, -0.15) is 0 Å². The zero-order valence-corrected chi connectivity index (χ0v) is 13.0. The number of carbonyl (C=O) groups excluding carboxylic acids is 2. The third-order valence-electron chi connectivity index (χ3n) is 4.73.